The summed E-state index contributed by atoms with van der Waals surface area (Å²) in [5, 5.41) is 3.35. The van der Waals surface area contributed by atoms with Gasteiger partial charge in [-0.15, -0.1) is 0 Å². The molecular weight excluding hydrogens is 304 g/mol. The van der Waals surface area contributed by atoms with E-state index < -0.39 is 0 Å². The third-order valence-electron chi connectivity index (χ3n) is 2.81. The van der Waals surface area contributed by atoms with Crippen LogP contribution in [0.1, 0.15) is 25.5 Å². The summed E-state index contributed by atoms with van der Waals surface area (Å²) in [7, 11) is 0. The van der Waals surface area contributed by atoms with E-state index in [1.165, 1.54) is 0 Å². The lowest BCUT2D eigenvalue weighted by Crippen LogP contribution is -2.17. The third kappa shape index (κ3) is 4.04. The van der Waals surface area contributed by atoms with Gasteiger partial charge in [0.1, 0.15) is 5.75 Å². The maximum absolute atomic E-state index is 5.68. The van der Waals surface area contributed by atoms with Gasteiger partial charge in [-0.3, -0.25) is 0 Å². The fourth-order valence-corrected chi connectivity index (χ4v) is 2.02. The standard InChI is InChI=1S/C15H17BrN2O/c1-3-17-11(2)12-4-9-15(18-10-12)19-14-7-5-13(16)6-8-14/h4-11,17H,3H2,1-2H3. The van der Waals surface area contributed by atoms with Crippen LogP contribution < -0.4 is 10.1 Å². The molecule has 1 atom stereocenters. The maximum atomic E-state index is 5.68. The van der Waals surface area contributed by atoms with Crippen LogP contribution in [0.2, 0.25) is 0 Å². The fraction of sp³-hybridized carbons (Fsp3) is 0.267. The zero-order valence-electron chi connectivity index (χ0n) is 11.1. The Kier molecular flexibility index (Phi) is 4.93. The van der Waals surface area contributed by atoms with Gasteiger partial charge < -0.3 is 10.1 Å². The van der Waals surface area contributed by atoms with Crippen molar-refractivity contribution in [1.82, 2.24) is 10.3 Å². The Labute approximate surface area is 122 Å². The minimum atomic E-state index is 0.305. The van der Waals surface area contributed by atoms with Gasteiger partial charge in [0, 0.05) is 22.8 Å². The van der Waals surface area contributed by atoms with Crippen molar-refractivity contribution in [2.24, 2.45) is 0 Å². The summed E-state index contributed by atoms with van der Waals surface area (Å²) in [6.45, 7) is 5.16. The van der Waals surface area contributed by atoms with Crippen LogP contribution in [0.4, 0.5) is 0 Å². The second-order valence-corrected chi connectivity index (χ2v) is 5.18. The molecule has 0 amide bonds. The zero-order valence-corrected chi connectivity index (χ0v) is 12.6. The molecule has 0 aliphatic carbocycles. The van der Waals surface area contributed by atoms with Gasteiger partial charge in [-0.05, 0) is 43.3 Å². The molecule has 0 fully saturated rings. The van der Waals surface area contributed by atoms with E-state index in [4.69, 9.17) is 4.74 Å². The molecule has 0 saturated carbocycles. The number of aromatic nitrogens is 1. The second kappa shape index (κ2) is 6.68. The maximum Gasteiger partial charge on any atom is 0.219 e. The van der Waals surface area contributed by atoms with Gasteiger partial charge in [0.2, 0.25) is 5.88 Å². The predicted octanol–water partition coefficient (Wildman–Crippen LogP) is 4.31. The Morgan fingerprint density at radius 1 is 1.21 bits per heavy atom. The van der Waals surface area contributed by atoms with Crippen molar-refractivity contribution >= 4 is 15.9 Å². The van der Waals surface area contributed by atoms with Crippen molar-refractivity contribution in [2.45, 2.75) is 19.9 Å². The number of ether oxygens (including phenoxy) is 1. The van der Waals surface area contributed by atoms with E-state index in [2.05, 4.69) is 40.1 Å². The van der Waals surface area contributed by atoms with Gasteiger partial charge in [0.05, 0.1) is 0 Å². The van der Waals surface area contributed by atoms with E-state index in [0.29, 0.717) is 11.9 Å². The highest BCUT2D eigenvalue weighted by Crippen LogP contribution is 2.22. The van der Waals surface area contributed by atoms with Gasteiger partial charge >= 0.3 is 0 Å². The number of benzene rings is 1. The first-order valence-corrected chi connectivity index (χ1v) is 7.11. The number of nitrogens with zero attached hydrogens (tertiary/aromatic N) is 1. The zero-order chi connectivity index (χ0) is 13.7. The fourth-order valence-electron chi connectivity index (χ4n) is 1.76. The molecule has 1 N–H and O–H groups in total. The van der Waals surface area contributed by atoms with Crippen molar-refractivity contribution in [3.8, 4) is 11.6 Å². The largest absolute Gasteiger partial charge is 0.439 e. The highest BCUT2D eigenvalue weighted by atomic mass is 79.9. The normalized spacial score (nSPS) is 12.2. The highest BCUT2D eigenvalue weighted by molar-refractivity contribution is 9.10. The van der Waals surface area contributed by atoms with Gasteiger partial charge in [-0.25, -0.2) is 4.98 Å². The number of rotatable bonds is 5. The van der Waals surface area contributed by atoms with Crippen LogP contribution in [0, 0.1) is 0 Å². The molecule has 0 bridgehead atoms. The smallest absolute Gasteiger partial charge is 0.219 e. The SMILES string of the molecule is CCNC(C)c1ccc(Oc2ccc(Br)cc2)nc1. The van der Waals surface area contributed by atoms with Crippen LogP contribution >= 0.6 is 15.9 Å². The Morgan fingerprint density at radius 3 is 2.53 bits per heavy atom. The summed E-state index contributed by atoms with van der Waals surface area (Å²) in [6.07, 6.45) is 1.85. The summed E-state index contributed by atoms with van der Waals surface area (Å²) in [4.78, 5) is 4.33. The topological polar surface area (TPSA) is 34.1 Å². The molecule has 0 saturated heterocycles. The molecule has 4 heteroatoms. The summed E-state index contributed by atoms with van der Waals surface area (Å²) >= 11 is 3.39. The summed E-state index contributed by atoms with van der Waals surface area (Å²) in [5.41, 5.74) is 1.16. The predicted molar refractivity (Wildman–Crippen MR) is 80.5 cm³/mol. The molecule has 0 radical (unpaired) electrons. The van der Waals surface area contributed by atoms with E-state index in [1.54, 1.807) is 0 Å². The number of pyridine rings is 1. The molecule has 0 spiro atoms. The first kappa shape index (κ1) is 14.0. The Morgan fingerprint density at radius 2 is 1.95 bits per heavy atom. The van der Waals surface area contributed by atoms with Gasteiger partial charge in [0.25, 0.3) is 0 Å². The van der Waals surface area contributed by atoms with Crippen LogP contribution in [0.25, 0.3) is 0 Å². The third-order valence-corrected chi connectivity index (χ3v) is 3.33. The number of hydrogen-bond acceptors (Lipinski definition) is 3. The summed E-state index contributed by atoms with van der Waals surface area (Å²) < 4.78 is 6.71. The molecule has 2 rings (SSSR count). The van der Waals surface area contributed by atoms with Crippen LogP contribution in [-0.4, -0.2) is 11.5 Å². The van der Waals surface area contributed by atoms with Crippen LogP contribution in [0.3, 0.4) is 0 Å². The minimum Gasteiger partial charge on any atom is -0.439 e. The quantitative estimate of drug-likeness (QED) is 0.891. The molecule has 100 valence electrons. The molecule has 0 aliphatic heterocycles. The molecular formula is C15H17BrN2O. The molecule has 19 heavy (non-hydrogen) atoms. The summed E-state index contributed by atoms with van der Waals surface area (Å²) in [5.74, 6) is 1.39. The number of halogens is 1. The molecule has 1 heterocycles. The van der Waals surface area contributed by atoms with Crippen LogP contribution in [0.5, 0.6) is 11.6 Å². The number of nitrogens with one attached hydrogen (secondary N) is 1. The van der Waals surface area contributed by atoms with E-state index in [1.807, 2.05) is 42.6 Å². The average Bonchev–Trinajstić information content (AvgIpc) is 2.42. The van der Waals surface area contributed by atoms with Gasteiger partial charge in [-0.2, -0.15) is 0 Å². The van der Waals surface area contributed by atoms with E-state index >= 15 is 0 Å². The summed E-state index contributed by atoms with van der Waals surface area (Å²) in [6, 6.07) is 11.9. The average molecular weight is 321 g/mol. The molecule has 2 aromatic rings. The van der Waals surface area contributed by atoms with Gasteiger partial charge in [0.15, 0.2) is 0 Å². The van der Waals surface area contributed by atoms with Crippen molar-refractivity contribution < 1.29 is 4.74 Å². The first-order valence-electron chi connectivity index (χ1n) is 6.32. The number of hydrogen-bond donors (Lipinski definition) is 1. The van der Waals surface area contributed by atoms with E-state index in [9.17, 15) is 0 Å². The lowest BCUT2D eigenvalue weighted by atomic mass is 10.1. The lowest BCUT2D eigenvalue weighted by molar-refractivity contribution is 0.461. The Bertz CT molecular complexity index is 511. The second-order valence-electron chi connectivity index (χ2n) is 4.27. The molecule has 3 nitrogen and oxygen atoms in total. The molecule has 0 aliphatic rings. The van der Waals surface area contributed by atoms with Crippen molar-refractivity contribution in [2.75, 3.05) is 6.54 Å². The van der Waals surface area contributed by atoms with E-state index in [0.717, 1.165) is 22.3 Å². The van der Waals surface area contributed by atoms with Gasteiger partial charge in [-0.1, -0.05) is 28.9 Å². The lowest BCUT2D eigenvalue weighted by Gasteiger charge is -2.12. The monoisotopic (exact) mass is 320 g/mol. The van der Waals surface area contributed by atoms with E-state index in [-0.39, 0.29) is 0 Å². The van der Waals surface area contributed by atoms with Crippen molar-refractivity contribution in [1.29, 1.82) is 0 Å². The Hall–Kier alpha value is -1.39. The van der Waals surface area contributed by atoms with Crippen LogP contribution in [0.15, 0.2) is 47.1 Å². The highest BCUT2D eigenvalue weighted by Gasteiger charge is 2.05. The van der Waals surface area contributed by atoms with Crippen molar-refractivity contribution in [3.63, 3.8) is 0 Å². The molecule has 1 aromatic carbocycles. The minimum absolute atomic E-state index is 0.305. The first-order chi connectivity index (χ1) is 9.19. The van der Waals surface area contributed by atoms with Crippen LogP contribution in [-0.2, 0) is 0 Å². The molecule has 1 aromatic heterocycles. The Balaban J connectivity index is 2.04. The van der Waals surface area contributed by atoms with Crippen molar-refractivity contribution in [3.05, 3.63) is 52.6 Å². The molecule has 1 unspecified atom stereocenters.